The highest BCUT2D eigenvalue weighted by Gasteiger charge is 2.16. The van der Waals surface area contributed by atoms with Gasteiger partial charge in [-0.15, -0.1) is 0 Å². The van der Waals surface area contributed by atoms with Crippen LogP contribution in [0.2, 0.25) is 5.02 Å². The molecule has 0 bridgehead atoms. The molecule has 92 valence electrons. The lowest BCUT2D eigenvalue weighted by atomic mass is 9.99. The Kier molecular flexibility index (Phi) is 3.35. The maximum absolute atomic E-state index is 6.07. The minimum absolute atomic E-state index is 0.843. The van der Waals surface area contributed by atoms with Gasteiger partial charge in [-0.05, 0) is 35.2 Å². The summed E-state index contributed by atoms with van der Waals surface area (Å²) >= 11 is 6.07. The maximum atomic E-state index is 6.07. The quantitative estimate of drug-likeness (QED) is 0.789. The lowest BCUT2D eigenvalue weighted by Gasteiger charge is -2.28. The molecule has 0 unspecified atom stereocenters. The van der Waals surface area contributed by atoms with Crippen molar-refractivity contribution in [3.8, 4) is 0 Å². The molecule has 2 aromatic carbocycles. The molecule has 0 N–H and O–H groups in total. The van der Waals surface area contributed by atoms with Gasteiger partial charge in [0, 0.05) is 24.7 Å². The van der Waals surface area contributed by atoms with Crippen molar-refractivity contribution >= 4 is 11.6 Å². The van der Waals surface area contributed by atoms with Crippen LogP contribution in [0.3, 0.4) is 0 Å². The van der Waals surface area contributed by atoms with E-state index in [0.29, 0.717) is 0 Å². The van der Waals surface area contributed by atoms with E-state index in [1.165, 1.54) is 16.7 Å². The van der Waals surface area contributed by atoms with Gasteiger partial charge in [0.25, 0.3) is 0 Å². The van der Waals surface area contributed by atoms with Crippen molar-refractivity contribution in [1.29, 1.82) is 0 Å². The van der Waals surface area contributed by atoms with Crippen molar-refractivity contribution in [2.45, 2.75) is 19.5 Å². The summed E-state index contributed by atoms with van der Waals surface area (Å²) in [4.78, 5) is 2.48. The van der Waals surface area contributed by atoms with Crippen molar-refractivity contribution in [3.63, 3.8) is 0 Å². The van der Waals surface area contributed by atoms with Crippen LogP contribution in [0.4, 0.5) is 0 Å². The van der Waals surface area contributed by atoms with Crippen LogP contribution in [0.15, 0.2) is 48.5 Å². The van der Waals surface area contributed by atoms with E-state index in [9.17, 15) is 0 Å². The van der Waals surface area contributed by atoms with E-state index in [4.69, 9.17) is 11.6 Å². The molecular weight excluding hydrogens is 242 g/mol. The van der Waals surface area contributed by atoms with Gasteiger partial charge in [0.15, 0.2) is 0 Å². The highest BCUT2D eigenvalue weighted by molar-refractivity contribution is 6.30. The van der Waals surface area contributed by atoms with E-state index in [-0.39, 0.29) is 0 Å². The average Bonchev–Trinajstić information content (AvgIpc) is 2.39. The molecule has 0 spiro atoms. The van der Waals surface area contributed by atoms with Crippen molar-refractivity contribution in [1.82, 2.24) is 4.90 Å². The molecule has 0 atom stereocenters. The first-order chi connectivity index (χ1) is 8.81. The summed E-state index contributed by atoms with van der Waals surface area (Å²) in [5.41, 5.74) is 4.20. The SMILES string of the molecule is Clc1ccc2c(c1)CN(Cc1ccccc1)CC2. The molecule has 1 aliphatic heterocycles. The van der Waals surface area contributed by atoms with Gasteiger partial charge in [-0.1, -0.05) is 48.0 Å². The Labute approximate surface area is 113 Å². The molecule has 2 heteroatoms. The lowest BCUT2D eigenvalue weighted by molar-refractivity contribution is 0.245. The van der Waals surface area contributed by atoms with Crippen molar-refractivity contribution in [2.24, 2.45) is 0 Å². The largest absolute Gasteiger partial charge is 0.294 e. The standard InChI is InChI=1S/C16H16ClN/c17-16-7-6-14-8-9-18(12-15(14)10-16)11-13-4-2-1-3-5-13/h1-7,10H,8-9,11-12H2. The maximum Gasteiger partial charge on any atom is 0.0409 e. The minimum atomic E-state index is 0.843. The van der Waals surface area contributed by atoms with Crippen LogP contribution < -0.4 is 0 Å². The van der Waals surface area contributed by atoms with E-state index in [0.717, 1.165) is 31.1 Å². The molecule has 0 fully saturated rings. The second-order valence-electron chi connectivity index (χ2n) is 4.86. The normalized spacial score (nSPS) is 15.4. The molecule has 2 aromatic rings. The molecule has 18 heavy (non-hydrogen) atoms. The summed E-state index contributed by atoms with van der Waals surface area (Å²) in [5.74, 6) is 0. The van der Waals surface area contributed by atoms with Crippen LogP contribution in [0.25, 0.3) is 0 Å². The third kappa shape index (κ3) is 2.58. The topological polar surface area (TPSA) is 3.24 Å². The second kappa shape index (κ2) is 5.13. The van der Waals surface area contributed by atoms with E-state index in [1.54, 1.807) is 0 Å². The predicted octanol–water partition coefficient (Wildman–Crippen LogP) is 3.90. The smallest absolute Gasteiger partial charge is 0.0409 e. The third-order valence-electron chi connectivity index (χ3n) is 3.51. The fourth-order valence-corrected chi connectivity index (χ4v) is 2.76. The molecule has 0 aliphatic carbocycles. The molecule has 0 aromatic heterocycles. The molecule has 0 radical (unpaired) electrons. The van der Waals surface area contributed by atoms with Gasteiger partial charge in [-0.2, -0.15) is 0 Å². The molecular formula is C16H16ClN. The number of halogens is 1. The number of rotatable bonds is 2. The van der Waals surface area contributed by atoms with Crippen LogP contribution in [0.5, 0.6) is 0 Å². The number of benzene rings is 2. The molecule has 1 nitrogen and oxygen atoms in total. The van der Waals surface area contributed by atoms with Gasteiger partial charge in [-0.25, -0.2) is 0 Å². The van der Waals surface area contributed by atoms with Crippen LogP contribution >= 0.6 is 11.6 Å². The summed E-state index contributed by atoms with van der Waals surface area (Å²) in [6.45, 7) is 3.15. The number of nitrogens with zero attached hydrogens (tertiary/aromatic N) is 1. The molecule has 0 saturated heterocycles. The summed E-state index contributed by atoms with van der Waals surface area (Å²) in [6, 6.07) is 16.9. The van der Waals surface area contributed by atoms with Gasteiger partial charge >= 0.3 is 0 Å². The lowest BCUT2D eigenvalue weighted by Crippen LogP contribution is -2.29. The van der Waals surface area contributed by atoms with Gasteiger partial charge in [0.2, 0.25) is 0 Å². The van der Waals surface area contributed by atoms with Crippen LogP contribution in [-0.4, -0.2) is 11.4 Å². The Balaban J connectivity index is 1.75. The zero-order valence-corrected chi connectivity index (χ0v) is 11.0. The van der Waals surface area contributed by atoms with Gasteiger partial charge < -0.3 is 0 Å². The summed E-state index contributed by atoms with van der Waals surface area (Å²) < 4.78 is 0. The number of hydrogen-bond acceptors (Lipinski definition) is 1. The second-order valence-corrected chi connectivity index (χ2v) is 5.30. The fraction of sp³-hybridized carbons (Fsp3) is 0.250. The number of fused-ring (bicyclic) bond motifs is 1. The van der Waals surface area contributed by atoms with Gasteiger partial charge in [0.1, 0.15) is 0 Å². The molecule has 1 aliphatic rings. The Morgan fingerprint density at radius 3 is 2.67 bits per heavy atom. The Bertz CT molecular complexity index is 536. The predicted molar refractivity (Wildman–Crippen MR) is 75.7 cm³/mol. The molecule has 0 amide bonds. The van der Waals surface area contributed by atoms with Crippen molar-refractivity contribution < 1.29 is 0 Å². The van der Waals surface area contributed by atoms with Crippen LogP contribution in [0, 0.1) is 0 Å². The first kappa shape index (κ1) is 11.8. The Hall–Kier alpha value is -1.31. The van der Waals surface area contributed by atoms with Crippen LogP contribution in [-0.2, 0) is 19.5 Å². The minimum Gasteiger partial charge on any atom is -0.294 e. The summed E-state index contributed by atoms with van der Waals surface area (Å²) in [5, 5.41) is 0.843. The zero-order chi connectivity index (χ0) is 12.4. The highest BCUT2D eigenvalue weighted by atomic mass is 35.5. The average molecular weight is 258 g/mol. The first-order valence-corrected chi connectivity index (χ1v) is 6.73. The molecule has 3 rings (SSSR count). The van der Waals surface area contributed by atoms with Gasteiger partial charge in [0.05, 0.1) is 0 Å². The van der Waals surface area contributed by atoms with Crippen molar-refractivity contribution in [2.75, 3.05) is 6.54 Å². The van der Waals surface area contributed by atoms with E-state index >= 15 is 0 Å². The first-order valence-electron chi connectivity index (χ1n) is 6.35. The Morgan fingerprint density at radius 2 is 1.83 bits per heavy atom. The molecule has 1 heterocycles. The summed E-state index contributed by atoms with van der Waals surface area (Å²) in [6.07, 6.45) is 1.12. The molecule has 0 saturated carbocycles. The van der Waals surface area contributed by atoms with E-state index in [1.807, 2.05) is 6.07 Å². The Morgan fingerprint density at radius 1 is 1.00 bits per heavy atom. The monoisotopic (exact) mass is 257 g/mol. The van der Waals surface area contributed by atoms with Crippen molar-refractivity contribution in [3.05, 3.63) is 70.2 Å². The number of hydrogen-bond donors (Lipinski definition) is 0. The highest BCUT2D eigenvalue weighted by Crippen LogP contribution is 2.23. The van der Waals surface area contributed by atoms with Gasteiger partial charge in [-0.3, -0.25) is 4.90 Å². The fourth-order valence-electron chi connectivity index (χ4n) is 2.56. The van der Waals surface area contributed by atoms with Crippen LogP contribution in [0.1, 0.15) is 16.7 Å². The van der Waals surface area contributed by atoms with E-state index in [2.05, 4.69) is 47.4 Å². The zero-order valence-electron chi connectivity index (χ0n) is 10.3. The summed E-state index contributed by atoms with van der Waals surface area (Å²) in [7, 11) is 0. The van der Waals surface area contributed by atoms with E-state index < -0.39 is 0 Å². The third-order valence-corrected chi connectivity index (χ3v) is 3.74.